The standard InChI is InChI=1S/C17H24FNO2/c1-19-17(9-4-3-5-10-17)12-14(20)11-13-7-6-8-15(21-2)16(13)18/h6-8,19H,3-5,9-12H2,1-2H3. The maximum Gasteiger partial charge on any atom is 0.168 e. The molecule has 1 saturated carbocycles. The lowest BCUT2D eigenvalue weighted by Gasteiger charge is -2.36. The van der Waals surface area contributed by atoms with E-state index < -0.39 is 5.82 Å². The lowest BCUT2D eigenvalue weighted by atomic mass is 9.77. The van der Waals surface area contributed by atoms with E-state index in [1.54, 1.807) is 18.2 Å². The summed E-state index contributed by atoms with van der Waals surface area (Å²) in [6.45, 7) is 0. The Bertz CT molecular complexity index is 496. The molecule has 0 unspecified atom stereocenters. The average Bonchev–Trinajstić information content (AvgIpc) is 2.50. The van der Waals surface area contributed by atoms with Crippen LogP contribution in [0.1, 0.15) is 44.1 Å². The minimum atomic E-state index is -0.421. The van der Waals surface area contributed by atoms with Gasteiger partial charge in [0.1, 0.15) is 5.78 Å². The van der Waals surface area contributed by atoms with Crippen molar-refractivity contribution in [1.82, 2.24) is 5.32 Å². The van der Waals surface area contributed by atoms with Crippen LogP contribution in [0.25, 0.3) is 0 Å². The summed E-state index contributed by atoms with van der Waals surface area (Å²) in [5.74, 6) is -0.143. The number of rotatable bonds is 6. The summed E-state index contributed by atoms with van der Waals surface area (Å²) in [6, 6.07) is 4.95. The molecule has 0 radical (unpaired) electrons. The van der Waals surface area contributed by atoms with E-state index >= 15 is 0 Å². The van der Waals surface area contributed by atoms with Gasteiger partial charge in [0.15, 0.2) is 11.6 Å². The number of carbonyl (C=O) groups is 1. The molecule has 1 aromatic rings. The number of hydrogen-bond acceptors (Lipinski definition) is 3. The van der Waals surface area contributed by atoms with Crippen LogP contribution >= 0.6 is 0 Å². The SMILES string of the molecule is CNC1(CC(=O)Cc2cccc(OC)c2F)CCCCC1. The molecule has 1 aliphatic carbocycles. The van der Waals surface area contributed by atoms with E-state index in [0.717, 1.165) is 25.7 Å². The molecule has 1 N–H and O–H groups in total. The van der Waals surface area contributed by atoms with Crippen molar-refractivity contribution >= 4 is 5.78 Å². The van der Waals surface area contributed by atoms with Gasteiger partial charge in [-0.25, -0.2) is 4.39 Å². The number of ketones is 1. The number of ether oxygens (including phenoxy) is 1. The quantitative estimate of drug-likeness (QED) is 0.875. The van der Waals surface area contributed by atoms with Gasteiger partial charge in [0, 0.05) is 18.4 Å². The highest BCUT2D eigenvalue weighted by molar-refractivity contribution is 5.82. The fourth-order valence-electron chi connectivity index (χ4n) is 3.25. The molecule has 116 valence electrons. The van der Waals surface area contributed by atoms with Gasteiger partial charge in [-0.05, 0) is 31.5 Å². The maximum absolute atomic E-state index is 14.1. The van der Waals surface area contributed by atoms with Gasteiger partial charge in [-0.3, -0.25) is 4.79 Å². The molecule has 21 heavy (non-hydrogen) atoms. The van der Waals surface area contributed by atoms with Crippen molar-refractivity contribution in [2.75, 3.05) is 14.2 Å². The minimum Gasteiger partial charge on any atom is -0.494 e. The second-order valence-electron chi connectivity index (χ2n) is 5.92. The third kappa shape index (κ3) is 3.82. The Hall–Kier alpha value is -1.42. The molecule has 0 atom stereocenters. The second-order valence-corrected chi connectivity index (χ2v) is 5.92. The topological polar surface area (TPSA) is 38.3 Å². The van der Waals surface area contributed by atoms with Crippen LogP contribution in [-0.2, 0) is 11.2 Å². The van der Waals surface area contributed by atoms with Crippen molar-refractivity contribution in [2.45, 2.75) is 50.5 Å². The van der Waals surface area contributed by atoms with E-state index in [9.17, 15) is 9.18 Å². The molecule has 3 nitrogen and oxygen atoms in total. The summed E-state index contributed by atoms with van der Waals surface area (Å²) >= 11 is 0. The molecule has 0 aliphatic heterocycles. The molecule has 0 bridgehead atoms. The molecule has 2 rings (SSSR count). The smallest absolute Gasteiger partial charge is 0.168 e. The van der Waals surface area contributed by atoms with Crippen LogP contribution < -0.4 is 10.1 Å². The second kappa shape index (κ2) is 7.03. The van der Waals surface area contributed by atoms with Gasteiger partial charge in [-0.2, -0.15) is 0 Å². The van der Waals surface area contributed by atoms with Gasteiger partial charge >= 0.3 is 0 Å². The normalized spacial score (nSPS) is 17.5. The summed E-state index contributed by atoms with van der Waals surface area (Å²) in [4.78, 5) is 12.3. The Morgan fingerprint density at radius 3 is 2.67 bits per heavy atom. The first-order chi connectivity index (χ1) is 10.1. The average molecular weight is 293 g/mol. The van der Waals surface area contributed by atoms with Crippen molar-refractivity contribution in [1.29, 1.82) is 0 Å². The molecular weight excluding hydrogens is 269 g/mol. The van der Waals surface area contributed by atoms with Gasteiger partial charge < -0.3 is 10.1 Å². The fourth-order valence-corrected chi connectivity index (χ4v) is 3.25. The monoisotopic (exact) mass is 293 g/mol. The van der Waals surface area contributed by atoms with Crippen LogP contribution in [0.2, 0.25) is 0 Å². The predicted octanol–water partition coefficient (Wildman–Crippen LogP) is 3.26. The van der Waals surface area contributed by atoms with Gasteiger partial charge in [0.2, 0.25) is 0 Å². The molecule has 0 amide bonds. The Morgan fingerprint density at radius 2 is 2.05 bits per heavy atom. The Morgan fingerprint density at radius 1 is 1.33 bits per heavy atom. The first kappa shape index (κ1) is 16.0. The molecule has 1 fully saturated rings. The van der Waals surface area contributed by atoms with Crippen molar-refractivity contribution in [2.24, 2.45) is 0 Å². The molecule has 1 aromatic carbocycles. The van der Waals surface area contributed by atoms with Gasteiger partial charge in [-0.15, -0.1) is 0 Å². The number of nitrogens with one attached hydrogen (secondary N) is 1. The van der Waals surface area contributed by atoms with E-state index in [0.29, 0.717) is 12.0 Å². The maximum atomic E-state index is 14.1. The molecule has 0 spiro atoms. The number of Topliss-reactive ketones (excluding diaryl/α,β-unsaturated/α-hetero) is 1. The van der Waals surface area contributed by atoms with Gasteiger partial charge in [-0.1, -0.05) is 31.4 Å². The molecule has 4 heteroatoms. The lowest BCUT2D eigenvalue weighted by molar-refractivity contribution is -0.120. The van der Waals surface area contributed by atoms with Crippen LogP contribution in [0.5, 0.6) is 5.75 Å². The van der Waals surface area contributed by atoms with Gasteiger partial charge in [0.25, 0.3) is 0 Å². The largest absolute Gasteiger partial charge is 0.494 e. The van der Waals surface area contributed by atoms with Crippen LogP contribution in [0.3, 0.4) is 0 Å². The molecule has 0 aromatic heterocycles. The highest BCUT2D eigenvalue weighted by Gasteiger charge is 2.32. The summed E-state index contributed by atoms with van der Waals surface area (Å²) < 4.78 is 19.1. The summed E-state index contributed by atoms with van der Waals surface area (Å²) in [6.07, 6.45) is 6.20. The van der Waals surface area contributed by atoms with Crippen LogP contribution in [0, 0.1) is 5.82 Å². The van der Waals surface area contributed by atoms with Crippen molar-refractivity contribution in [3.8, 4) is 5.75 Å². The number of benzene rings is 1. The number of methoxy groups -OCH3 is 1. The van der Waals surface area contributed by atoms with E-state index in [-0.39, 0.29) is 23.5 Å². The fraction of sp³-hybridized carbons (Fsp3) is 0.588. The number of carbonyl (C=O) groups excluding carboxylic acids is 1. The predicted molar refractivity (Wildman–Crippen MR) is 81.2 cm³/mol. The Kier molecular flexibility index (Phi) is 5.34. The highest BCUT2D eigenvalue weighted by atomic mass is 19.1. The summed E-state index contributed by atoms with van der Waals surface area (Å²) in [7, 11) is 3.35. The minimum absolute atomic E-state index is 0.0819. The van der Waals surface area contributed by atoms with Crippen LogP contribution in [-0.4, -0.2) is 25.5 Å². The van der Waals surface area contributed by atoms with E-state index in [1.807, 2.05) is 7.05 Å². The van der Waals surface area contributed by atoms with E-state index in [2.05, 4.69) is 5.32 Å². The lowest BCUT2D eigenvalue weighted by Crippen LogP contribution is -2.46. The zero-order valence-electron chi connectivity index (χ0n) is 12.9. The third-order valence-corrected chi connectivity index (χ3v) is 4.53. The van der Waals surface area contributed by atoms with E-state index in [4.69, 9.17) is 4.74 Å². The Balaban J connectivity index is 2.04. The van der Waals surface area contributed by atoms with Crippen LogP contribution in [0.15, 0.2) is 18.2 Å². The first-order valence-corrected chi connectivity index (χ1v) is 7.62. The molecule has 1 aliphatic rings. The highest BCUT2D eigenvalue weighted by Crippen LogP contribution is 2.31. The zero-order chi connectivity index (χ0) is 15.3. The first-order valence-electron chi connectivity index (χ1n) is 7.62. The molecule has 0 saturated heterocycles. The van der Waals surface area contributed by atoms with E-state index in [1.165, 1.54) is 13.5 Å². The van der Waals surface area contributed by atoms with Crippen molar-refractivity contribution < 1.29 is 13.9 Å². The van der Waals surface area contributed by atoms with Crippen molar-refractivity contribution in [3.63, 3.8) is 0 Å². The summed E-state index contributed by atoms with van der Waals surface area (Å²) in [5.41, 5.74) is 0.325. The van der Waals surface area contributed by atoms with Crippen molar-refractivity contribution in [3.05, 3.63) is 29.6 Å². The van der Waals surface area contributed by atoms with Crippen LogP contribution in [0.4, 0.5) is 4.39 Å². The Labute approximate surface area is 125 Å². The third-order valence-electron chi connectivity index (χ3n) is 4.53. The van der Waals surface area contributed by atoms with Gasteiger partial charge in [0.05, 0.1) is 7.11 Å². The zero-order valence-corrected chi connectivity index (χ0v) is 12.9. The summed E-state index contributed by atoms with van der Waals surface area (Å²) in [5, 5.41) is 3.33. The number of hydrogen-bond donors (Lipinski definition) is 1. The molecular formula is C17H24FNO2. The number of halogens is 1. The molecule has 0 heterocycles.